The number of hydrogen-bond donors (Lipinski definition) is 0. The Morgan fingerprint density at radius 2 is 1.16 bits per heavy atom. The molecule has 0 saturated carbocycles. The molecule has 3 heteroatoms. The summed E-state index contributed by atoms with van der Waals surface area (Å²) in [6.07, 6.45) is 5.91. The van der Waals surface area contributed by atoms with Crippen LogP contribution < -0.4 is 0 Å². The van der Waals surface area contributed by atoms with Crippen LogP contribution >= 0.6 is 17.0 Å². The van der Waals surface area contributed by atoms with Gasteiger partial charge in [0.05, 0.1) is 0 Å². The molecule has 0 aromatic heterocycles. The maximum atomic E-state index is 6.85. The van der Waals surface area contributed by atoms with Crippen LogP contribution in [0.2, 0.25) is 0 Å². The predicted molar refractivity (Wildman–Crippen MR) is 136 cm³/mol. The molecular weight excluding hydrogens is 510 g/mol. The molecule has 5 rings (SSSR count). The molecular formula is C29H29Cl2Zr. The fraction of sp³-hybridized carbons (Fsp3) is 0.310. The van der Waals surface area contributed by atoms with Crippen LogP contribution in [0.3, 0.4) is 0 Å². The zero-order valence-electron chi connectivity index (χ0n) is 19.5. The summed E-state index contributed by atoms with van der Waals surface area (Å²) in [4.78, 5) is 0. The van der Waals surface area contributed by atoms with Crippen molar-refractivity contribution in [1.29, 1.82) is 0 Å². The number of benzene rings is 3. The normalized spacial score (nSPS) is 16.7. The van der Waals surface area contributed by atoms with E-state index in [9.17, 15) is 0 Å². The molecule has 2 aliphatic carbocycles. The molecule has 3 aromatic rings. The Labute approximate surface area is 207 Å². The molecule has 1 unspecified atom stereocenters. The van der Waals surface area contributed by atoms with Crippen molar-refractivity contribution in [2.75, 3.05) is 0 Å². The van der Waals surface area contributed by atoms with E-state index < -0.39 is 19.4 Å². The summed E-state index contributed by atoms with van der Waals surface area (Å²) in [6, 6.07) is 14.0. The summed E-state index contributed by atoms with van der Waals surface area (Å²) in [7, 11) is 13.7. The van der Waals surface area contributed by atoms with Gasteiger partial charge in [0.25, 0.3) is 0 Å². The Morgan fingerprint density at radius 1 is 0.688 bits per heavy atom. The number of fused-ring (bicyclic) bond motifs is 2. The van der Waals surface area contributed by atoms with Gasteiger partial charge in [0.2, 0.25) is 0 Å². The fourth-order valence-corrected chi connectivity index (χ4v) is 11.7. The molecule has 0 fully saturated rings. The number of aryl methyl sites for hydroxylation is 4. The van der Waals surface area contributed by atoms with Crippen molar-refractivity contribution in [3.8, 4) is 22.3 Å². The molecule has 0 nitrogen and oxygen atoms in total. The van der Waals surface area contributed by atoms with Gasteiger partial charge >= 0.3 is 209 Å². The molecule has 0 saturated heterocycles. The third-order valence-electron chi connectivity index (χ3n) is 7.01. The summed E-state index contributed by atoms with van der Waals surface area (Å²) in [5.74, 6) is 0. The van der Waals surface area contributed by atoms with Gasteiger partial charge in [0, 0.05) is 0 Å². The third kappa shape index (κ3) is 3.79. The topological polar surface area (TPSA) is 0 Å². The van der Waals surface area contributed by atoms with Crippen LogP contribution in [0.25, 0.3) is 28.3 Å². The van der Waals surface area contributed by atoms with Crippen molar-refractivity contribution in [2.24, 2.45) is 0 Å². The molecule has 3 aromatic carbocycles. The minimum absolute atomic E-state index is 0.224. The Morgan fingerprint density at radius 3 is 1.66 bits per heavy atom. The van der Waals surface area contributed by atoms with Gasteiger partial charge < -0.3 is 0 Å². The van der Waals surface area contributed by atoms with E-state index in [-0.39, 0.29) is 3.63 Å². The molecule has 163 valence electrons. The van der Waals surface area contributed by atoms with E-state index in [4.69, 9.17) is 17.0 Å². The quantitative estimate of drug-likeness (QED) is 0.311. The molecule has 0 heterocycles. The Balaban J connectivity index is 1.92. The summed E-state index contributed by atoms with van der Waals surface area (Å²) in [5.41, 5.74) is 18.1. The van der Waals surface area contributed by atoms with Crippen molar-refractivity contribution >= 4 is 23.1 Å². The number of rotatable bonds is 3. The molecule has 32 heavy (non-hydrogen) atoms. The van der Waals surface area contributed by atoms with E-state index >= 15 is 0 Å². The Hall–Kier alpha value is -1.14. The average molecular weight is 540 g/mol. The van der Waals surface area contributed by atoms with Crippen LogP contribution in [0, 0.1) is 27.7 Å². The van der Waals surface area contributed by atoms with Gasteiger partial charge in [-0.3, -0.25) is 0 Å². The van der Waals surface area contributed by atoms with Crippen LogP contribution in [0.4, 0.5) is 0 Å². The molecule has 0 spiro atoms. The monoisotopic (exact) mass is 537 g/mol. The van der Waals surface area contributed by atoms with E-state index in [1.165, 1.54) is 73.2 Å². The first-order valence-electron chi connectivity index (χ1n) is 11.5. The molecule has 0 N–H and O–H groups in total. The Bertz CT molecular complexity index is 1240. The predicted octanol–water partition coefficient (Wildman–Crippen LogP) is 9.13. The second-order valence-corrected chi connectivity index (χ2v) is 18.6. The van der Waals surface area contributed by atoms with E-state index in [0.29, 0.717) is 0 Å². The van der Waals surface area contributed by atoms with Crippen LogP contribution in [0.15, 0.2) is 42.0 Å². The van der Waals surface area contributed by atoms with Crippen LogP contribution in [-0.4, -0.2) is 0 Å². The minimum atomic E-state index is -2.61. The molecule has 1 atom stereocenters. The number of halogens is 2. The molecule has 0 radical (unpaired) electrons. The first-order valence-corrected chi connectivity index (χ1v) is 19.2. The molecule has 0 aliphatic heterocycles. The summed E-state index contributed by atoms with van der Waals surface area (Å²) >= 11 is -2.61. The summed E-state index contributed by atoms with van der Waals surface area (Å²) < 4.78 is 0.224. The van der Waals surface area contributed by atoms with E-state index in [1.807, 2.05) is 0 Å². The van der Waals surface area contributed by atoms with Gasteiger partial charge in [-0.2, -0.15) is 0 Å². The van der Waals surface area contributed by atoms with Gasteiger partial charge in [-0.15, -0.1) is 0 Å². The van der Waals surface area contributed by atoms with Crippen LogP contribution in [0.5, 0.6) is 0 Å². The average Bonchev–Trinajstić information content (AvgIpc) is 3.27. The van der Waals surface area contributed by atoms with E-state index in [2.05, 4.69) is 77.1 Å². The molecule has 2 aliphatic rings. The van der Waals surface area contributed by atoms with Gasteiger partial charge in [-0.05, 0) is 0 Å². The van der Waals surface area contributed by atoms with Crippen molar-refractivity contribution in [3.05, 3.63) is 86.5 Å². The fourth-order valence-electron chi connectivity index (χ4n) is 6.06. The first-order chi connectivity index (χ1) is 15.2. The Kier molecular flexibility index (Phi) is 6.07. The van der Waals surface area contributed by atoms with Gasteiger partial charge in [-0.1, -0.05) is 0 Å². The first kappa shape index (κ1) is 22.6. The standard InChI is InChI=1S/C29H29.2ClH.Zr/c1-17-9-18(2)12-22(11-17)28-24-7-6-8-25(24)29(27-16-21(5)15-26(27)28)23-13-19(3)10-20(4)14-23;;;/h9-16H,6-8H2,1-5H3;2*1H;/q;;;+2/p-2. The SMILES string of the molecule is CC1=Cc2c(-c3cc(C)cc(C)c3)c3c(c(-c4cc(C)cc(C)c4)c2[CH]1[Zr]([Cl])[Cl])CCC3. The van der Waals surface area contributed by atoms with E-state index in [0.717, 1.165) is 12.8 Å². The van der Waals surface area contributed by atoms with Gasteiger partial charge in [-0.25, -0.2) is 0 Å². The summed E-state index contributed by atoms with van der Waals surface area (Å²) in [6.45, 7) is 11.0. The molecule has 0 amide bonds. The molecule has 0 bridgehead atoms. The second-order valence-electron chi connectivity index (χ2n) is 9.75. The second kappa shape index (κ2) is 8.58. The van der Waals surface area contributed by atoms with Gasteiger partial charge in [0.1, 0.15) is 0 Å². The zero-order chi connectivity index (χ0) is 22.7. The zero-order valence-corrected chi connectivity index (χ0v) is 23.5. The third-order valence-corrected chi connectivity index (χ3v) is 12.5. The van der Waals surface area contributed by atoms with Crippen molar-refractivity contribution in [3.63, 3.8) is 0 Å². The summed E-state index contributed by atoms with van der Waals surface area (Å²) in [5, 5.41) is 0. The number of hydrogen-bond acceptors (Lipinski definition) is 0. The van der Waals surface area contributed by atoms with E-state index in [1.54, 1.807) is 5.56 Å². The maximum absolute atomic E-state index is 6.85. The van der Waals surface area contributed by atoms with Crippen molar-refractivity contribution in [1.82, 2.24) is 0 Å². The van der Waals surface area contributed by atoms with Gasteiger partial charge in [0.15, 0.2) is 0 Å². The number of allylic oxidation sites excluding steroid dienone is 1. The van der Waals surface area contributed by atoms with Crippen molar-refractivity contribution in [2.45, 2.75) is 57.5 Å². The van der Waals surface area contributed by atoms with Crippen LogP contribution in [0.1, 0.15) is 61.5 Å². The van der Waals surface area contributed by atoms with Crippen molar-refractivity contribution < 1.29 is 19.4 Å². The van der Waals surface area contributed by atoms with Crippen LogP contribution in [-0.2, 0) is 32.2 Å².